The summed E-state index contributed by atoms with van der Waals surface area (Å²) in [7, 11) is 2.51. The monoisotopic (exact) mass is 551 g/mol. The lowest BCUT2D eigenvalue weighted by Crippen LogP contribution is -2.73. The van der Waals surface area contributed by atoms with Crippen molar-refractivity contribution in [1.82, 2.24) is 19.5 Å². The Morgan fingerprint density at radius 1 is 1.28 bits per heavy atom. The number of aromatic nitrogens is 4. The zero-order valence-electron chi connectivity index (χ0n) is 21.2. The van der Waals surface area contributed by atoms with Gasteiger partial charge in [-0.25, -0.2) is 24.5 Å². The van der Waals surface area contributed by atoms with Crippen LogP contribution in [-0.4, -0.2) is 116 Å². The number of methoxy groups -OCH3 is 2. The summed E-state index contributed by atoms with van der Waals surface area (Å²) in [6.45, 7) is 0.845. The number of nitrogen functional groups attached to an aromatic ring is 1. The van der Waals surface area contributed by atoms with E-state index in [1.54, 1.807) is 4.57 Å². The van der Waals surface area contributed by atoms with Crippen LogP contribution in [-0.2, 0) is 38.0 Å². The van der Waals surface area contributed by atoms with Gasteiger partial charge in [0.1, 0.15) is 36.3 Å². The molecule has 0 saturated carbocycles. The van der Waals surface area contributed by atoms with E-state index < -0.39 is 73.3 Å². The number of esters is 2. The van der Waals surface area contributed by atoms with E-state index in [2.05, 4.69) is 15.0 Å². The quantitative estimate of drug-likeness (QED) is 0.224. The van der Waals surface area contributed by atoms with Crippen LogP contribution in [0, 0.1) is 0 Å². The van der Waals surface area contributed by atoms with Crippen LogP contribution in [0.5, 0.6) is 0 Å². The first-order chi connectivity index (χ1) is 18.7. The maximum atomic E-state index is 12.7. The molecular formula is C23H29N5O11. The molecule has 0 aromatic carbocycles. The van der Waals surface area contributed by atoms with Crippen molar-refractivity contribution >= 4 is 28.9 Å². The minimum atomic E-state index is -2.44. The van der Waals surface area contributed by atoms with Gasteiger partial charge in [-0.3, -0.25) is 4.57 Å². The van der Waals surface area contributed by atoms with Crippen LogP contribution in [0.3, 0.4) is 0 Å². The Hall–Kier alpha value is -3.25. The molecule has 3 aliphatic heterocycles. The van der Waals surface area contributed by atoms with Gasteiger partial charge in [0, 0.05) is 13.5 Å². The minimum absolute atomic E-state index is 0.0496. The van der Waals surface area contributed by atoms with Crippen molar-refractivity contribution < 1.29 is 53.3 Å². The van der Waals surface area contributed by atoms with Gasteiger partial charge in [0.2, 0.25) is 5.79 Å². The fraction of sp³-hybridized carbons (Fsp3) is 0.609. The van der Waals surface area contributed by atoms with Crippen molar-refractivity contribution in [3.63, 3.8) is 0 Å². The average Bonchev–Trinajstić information content (AvgIpc) is 3.51. The Morgan fingerprint density at radius 2 is 2.05 bits per heavy atom. The Balaban J connectivity index is 1.50. The summed E-state index contributed by atoms with van der Waals surface area (Å²) >= 11 is 0. The third kappa shape index (κ3) is 4.33. The van der Waals surface area contributed by atoms with E-state index in [1.165, 1.54) is 32.8 Å². The van der Waals surface area contributed by atoms with Crippen molar-refractivity contribution in [2.75, 3.05) is 26.6 Å². The fourth-order valence-electron chi connectivity index (χ4n) is 5.24. The van der Waals surface area contributed by atoms with E-state index in [1.807, 2.05) is 0 Å². The molecule has 39 heavy (non-hydrogen) atoms. The van der Waals surface area contributed by atoms with E-state index in [0.717, 1.165) is 7.11 Å². The van der Waals surface area contributed by atoms with E-state index in [0.29, 0.717) is 11.2 Å². The third-order valence-electron chi connectivity index (χ3n) is 7.24. The lowest BCUT2D eigenvalue weighted by molar-refractivity contribution is -0.397. The molecule has 0 amide bonds. The molecule has 5 N–H and O–H groups in total. The van der Waals surface area contributed by atoms with Crippen LogP contribution in [0.1, 0.15) is 19.6 Å². The Kier molecular flexibility index (Phi) is 7.27. The number of allylic oxidation sites excluding steroid dienone is 1. The third-order valence-corrected chi connectivity index (χ3v) is 7.24. The van der Waals surface area contributed by atoms with Crippen LogP contribution in [0.15, 0.2) is 24.3 Å². The number of fused-ring (bicyclic) bond motifs is 3. The largest absolute Gasteiger partial charge is 0.467 e. The van der Waals surface area contributed by atoms with Gasteiger partial charge in [0.05, 0.1) is 31.7 Å². The topological polar surface area (TPSA) is 220 Å². The second-order valence-electron chi connectivity index (χ2n) is 9.28. The molecule has 5 heterocycles. The van der Waals surface area contributed by atoms with Crippen molar-refractivity contribution in [2.45, 2.75) is 68.1 Å². The number of rotatable bonds is 6. The standard InChI is InChI=1S/C23H29N5O11/c1-4-9(6-29)21(31)38-17-13(30)15(22(32)35-3)37-11-5-10-14(39-23(11,17)33)16(34-2)20(36-10)28-8-27-12-18(24)25-7-26-19(12)28/h4,7-8,10-11,13-17,20,29-30,33H,5-6H2,1-3H3,(H2,24,25,26)/b9-4+/t10-,11-,13-,14+,15+,16-,17+,20-,23-/m1/s1. The average molecular weight is 552 g/mol. The summed E-state index contributed by atoms with van der Waals surface area (Å²) in [6, 6.07) is 0. The van der Waals surface area contributed by atoms with Gasteiger partial charge in [0.15, 0.2) is 29.9 Å². The maximum Gasteiger partial charge on any atom is 0.337 e. The molecule has 0 bridgehead atoms. The predicted octanol–water partition coefficient (Wildman–Crippen LogP) is -2.05. The summed E-state index contributed by atoms with van der Waals surface area (Å²) in [4.78, 5) is 37.6. The van der Waals surface area contributed by atoms with Gasteiger partial charge in [0.25, 0.3) is 0 Å². The second kappa shape index (κ2) is 10.4. The predicted molar refractivity (Wildman–Crippen MR) is 126 cm³/mol. The zero-order chi connectivity index (χ0) is 28.1. The highest BCUT2D eigenvalue weighted by molar-refractivity contribution is 5.89. The number of hydrogen-bond donors (Lipinski definition) is 4. The van der Waals surface area contributed by atoms with E-state index in [-0.39, 0.29) is 17.8 Å². The molecule has 3 saturated heterocycles. The van der Waals surface area contributed by atoms with Gasteiger partial charge in [-0.2, -0.15) is 0 Å². The molecule has 2 aromatic rings. The van der Waals surface area contributed by atoms with Gasteiger partial charge >= 0.3 is 11.9 Å². The number of hydrogen-bond acceptors (Lipinski definition) is 15. The van der Waals surface area contributed by atoms with E-state index in [9.17, 15) is 24.9 Å². The summed E-state index contributed by atoms with van der Waals surface area (Å²) in [5, 5.41) is 32.3. The van der Waals surface area contributed by atoms with Crippen LogP contribution >= 0.6 is 0 Å². The Morgan fingerprint density at radius 3 is 2.72 bits per heavy atom. The Labute approximate surface area is 221 Å². The number of carbonyl (C=O) groups excluding carboxylic acids is 2. The fourth-order valence-corrected chi connectivity index (χ4v) is 5.24. The van der Waals surface area contributed by atoms with Crippen LogP contribution < -0.4 is 5.73 Å². The normalized spacial score (nSPS) is 36.3. The SMILES string of the molecule is C/C=C(\CO)C(=O)O[C@H]1[C@H](O)[C@@H](C(=O)OC)O[C@@H]2C[C@H]3O[C@@H](n4cnc5c(N)ncnc54)[C@H](OC)[C@H]3O[C@]21O. The number of aliphatic hydroxyl groups excluding tert-OH is 2. The molecule has 2 aromatic heterocycles. The number of nitrogens with two attached hydrogens (primary N) is 1. The number of ether oxygens (including phenoxy) is 6. The lowest BCUT2D eigenvalue weighted by Gasteiger charge is -2.52. The maximum absolute atomic E-state index is 12.7. The smallest absolute Gasteiger partial charge is 0.337 e. The molecule has 212 valence electrons. The molecule has 16 heteroatoms. The number of anilines is 1. The van der Waals surface area contributed by atoms with Crippen LogP contribution in [0.2, 0.25) is 0 Å². The molecule has 9 atom stereocenters. The summed E-state index contributed by atoms with van der Waals surface area (Å²) in [5.74, 6) is -4.25. The highest BCUT2D eigenvalue weighted by Gasteiger charge is 2.67. The summed E-state index contributed by atoms with van der Waals surface area (Å²) in [5.41, 5.74) is 6.50. The molecule has 0 radical (unpaired) electrons. The van der Waals surface area contributed by atoms with E-state index in [4.69, 9.17) is 34.2 Å². The molecule has 3 aliphatic rings. The van der Waals surface area contributed by atoms with Crippen LogP contribution in [0.4, 0.5) is 5.82 Å². The molecule has 5 rings (SSSR count). The minimum Gasteiger partial charge on any atom is -0.467 e. The van der Waals surface area contributed by atoms with Crippen molar-refractivity contribution in [2.24, 2.45) is 0 Å². The second-order valence-corrected chi connectivity index (χ2v) is 9.28. The van der Waals surface area contributed by atoms with E-state index >= 15 is 0 Å². The van der Waals surface area contributed by atoms with Gasteiger partial charge in [-0.1, -0.05) is 6.08 Å². The number of aliphatic hydroxyl groups is 3. The molecule has 3 fully saturated rings. The molecular weight excluding hydrogens is 522 g/mol. The molecule has 16 nitrogen and oxygen atoms in total. The van der Waals surface area contributed by atoms with Crippen LogP contribution in [0.25, 0.3) is 11.2 Å². The van der Waals surface area contributed by atoms with Gasteiger partial charge in [-0.15, -0.1) is 0 Å². The lowest BCUT2D eigenvalue weighted by atomic mass is 9.84. The van der Waals surface area contributed by atoms with Gasteiger partial charge < -0.3 is 49.5 Å². The van der Waals surface area contributed by atoms with Crippen molar-refractivity contribution in [3.8, 4) is 0 Å². The Bertz CT molecular complexity index is 1290. The zero-order valence-corrected chi connectivity index (χ0v) is 21.2. The summed E-state index contributed by atoms with van der Waals surface area (Å²) < 4.78 is 35.5. The first-order valence-corrected chi connectivity index (χ1v) is 12.1. The van der Waals surface area contributed by atoms with Crippen molar-refractivity contribution in [3.05, 3.63) is 24.3 Å². The highest BCUT2D eigenvalue weighted by Crippen LogP contribution is 2.47. The number of imidazole rings is 1. The number of carbonyl (C=O) groups is 2. The molecule has 0 aliphatic carbocycles. The first kappa shape index (κ1) is 27.3. The van der Waals surface area contributed by atoms with Crippen molar-refractivity contribution in [1.29, 1.82) is 0 Å². The molecule has 0 unspecified atom stereocenters. The number of nitrogens with zero attached hydrogens (tertiary/aromatic N) is 4. The first-order valence-electron chi connectivity index (χ1n) is 12.1. The van der Waals surface area contributed by atoms with Gasteiger partial charge in [-0.05, 0) is 6.92 Å². The highest BCUT2D eigenvalue weighted by atomic mass is 16.7. The summed E-state index contributed by atoms with van der Waals surface area (Å²) in [6.07, 6.45) is -6.01. The molecule has 0 spiro atoms.